The van der Waals surface area contributed by atoms with Gasteiger partial charge in [-0.3, -0.25) is 0 Å². The highest BCUT2D eigenvalue weighted by atomic mass is 16.5. The quantitative estimate of drug-likeness (QED) is 0.676. The molecule has 3 rings (SSSR count). The first-order chi connectivity index (χ1) is 11.8. The molecule has 2 saturated heterocycles. The van der Waals surface area contributed by atoms with Crippen LogP contribution in [0.1, 0.15) is 45.4 Å². The van der Waals surface area contributed by atoms with E-state index in [9.17, 15) is 0 Å². The van der Waals surface area contributed by atoms with Crippen molar-refractivity contribution in [2.75, 3.05) is 53.0 Å². The standard InChI is InChI=1S/C19H36N2O3/c1-3-20-8-4-16(5-9-20)23-18-14-19(15-18)24-17-6-10-21(11-7-17)12-13-22-2/h16-19H,3-15H2,1-2H3. The number of rotatable bonds is 8. The smallest absolute Gasteiger partial charge is 0.0628 e. The summed E-state index contributed by atoms with van der Waals surface area (Å²) in [5, 5.41) is 0. The Kier molecular flexibility index (Phi) is 7.35. The lowest BCUT2D eigenvalue weighted by Crippen LogP contribution is -2.46. The topological polar surface area (TPSA) is 34.2 Å². The molecule has 2 heterocycles. The molecule has 0 bridgehead atoms. The molecule has 5 nitrogen and oxygen atoms in total. The Balaban J connectivity index is 1.24. The molecular formula is C19H36N2O3. The SMILES string of the molecule is CCN1CCC(OC2CC(OC3CCN(CCOC)CC3)C2)CC1. The molecule has 1 saturated carbocycles. The maximum absolute atomic E-state index is 6.29. The molecule has 0 amide bonds. The Bertz CT molecular complexity index is 347. The van der Waals surface area contributed by atoms with E-state index in [1.54, 1.807) is 7.11 Å². The summed E-state index contributed by atoms with van der Waals surface area (Å²) < 4.78 is 17.7. The van der Waals surface area contributed by atoms with Crippen LogP contribution < -0.4 is 0 Å². The van der Waals surface area contributed by atoms with Crippen molar-refractivity contribution in [1.29, 1.82) is 0 Å². The third kappa shape index (κ3) is 5.40. The van der Waals surface area contributed by atoms with Crippen molar-refractivity contribution in [2.24, 2.45) is 0 Å². The molecule has 140 valence electrons. The molecule has 0 N–H and O–H groups in total. The highest BCUT2D eigenvalue weighted by molar-refractivity contribution is 4.85. The lowest BCUT2D eigenvalue weighted by molar-refractivity contribution is -0.157. The maximum atomic E-state index is 6.29. The number of ether oxygens (including phenoxy) is 3. The van der Waals surface area contributed by atoms with Gasteiger partial charge in [-0.15, -0.1) is 0 Å². The fourth-order valence-corrected chi connectivity index (χ4v) is 4.13. The van der Waals surface area contributed by atoms with Crippen LogP contribution in [0.4, 0.5) is 0 Å². The number of piperidine rings is 2. The van der Waals surface area contributed by atoms with Crippen LogP contribution >= 0.6 is 0 Å². The first kappa shape index (κ1) is 18.6. The summed E-state index contributed by atoms with van der Waals surface area (Å²) in [7, 11) is 1.78. The predicted octanol–water partition coefficient (Wildman–Crippen LogP) is 2.15. The third-order valence-electron chi connectivity index (χ3n) is 5.95. The summed E-state index contributed by atoms with van der Waals surface area (Å²) >= 11 is 0. The zero-order chi connectivity index (χ0) is 16.8. The van der Waals surface area contributed by atoms with E-state index < -0.39 is 0 Å². The van der Waals surface area contributed by atoms with Crippen molar-refractivity contribution in [3.63, 3.8) is 0 Å². The van der Waals surface area contributed by atoms with Crippen molar-refractivity contribution in [3.05, 3.63) is 0 Å². The van der Waals surface area contributed by atoms with Gasteiger partial charge in [0.2, 0.25) is 0 Å². The van der Waals surface area contributed by atoms with E-state index in [0.29, 0.717) is 24.4 Å². The van der Waals surface area contributed by atoms with E-state index in [2.05, 4.69) is 16.7 Å². The molecule has 5 heteroatoms. The second kappa shape index (κ2) is 9.48. The zero-order valence-electron chi connectivity index (χ0n) is 15.6. The average molecular weight is 341 g/mol. The minimum atomic E-state index is 0.446. The van der Waals surface area contributed by atoms with Gasteiger partial charge in [0.15, 0.2) is 0 Å². The van der Waals surface area contributed by atoms with Gasteiger partial charge in [-0.2, -0.15) is 0 Å². The van der Waals surface area contributed by atoms with Crippen LogP contribution in [-0.4, -0.2) is 87.2 Å². The van der Waals surface area contributed by atoms with Gasteiger partial charge in [-0.1, -0.05) is 6.92 Å². The lowest BCUT2D eigenvalue weighted by atomic mass is 9.90. The van der Waals surface area contributed by atoms with Gasteiger partial charge in [-0.05, 0) is 45.1 Å². The Morgan fingerprint density at radius 2 is 1.25 bits per heavy atom. The van der Waals surface area contributed by atoms with E-state index >= 15 is 0 Å². The molecule has 0 aromatic heterocycles. The summed E-state index contributed by atoms with van der Waals surface area (Å²) in [5.41, 5.74) is 0. The Labute approximate surface area is 147 Å². The van der Waals surface area contributed by atoms with Crippen molar-refractivity contribution in [2.45, 2.75) is 69.9 Å². The van der Waals surface area contributed by atoms with Crippen molar-refractivity contribution >= 4 is 0 Å². The van der Waals surface area contributed by atoms with Gasteiger partial charge in [0.1, 0.15) is 0 Å². The first-order valence-corrected chi connectivity index (χ1v) is 10.0. The zero-order valence-corrected chi connectivity index (χ0v) is 15.6. The molecule has 0 unspecified atom stereocenters. The van der Waals surface area contributed by atoms with Gasteiger partial charge in [0.05, 0.1) is 31.0 Å². The van der Waals surface area contributed by atoms with Crippen LogP contribution in [-0.2, 0) is 14.2 Å². The fraction of sp³-hybridized carbons (Fsp3) is 1.00. The Morgan fingerprint density at radius 3 is 1.71 bits per heavy atom. The molecule has 3 fully saturated rings. The fourth-order valence-electron chi connectivity index (χ4n) is 4.13. The molecule has 0 aromatic carbocycles. The summed E-state index contributed by atoms with van der Waals surface area (Å²) in [5.74, 6) is 0. The van der Waals surface area contributed by atoms with Gasteiger partial charge in [-0.25, -0.2) is 0 Å². The number of likely N-dealkylation sites (tertiary alicyclic amines) is 2. The molecule has 24 heavy (non-hydrogen) atoms. The Morgan fingerprint density at radius 1 is 0.750 bits per heavy atom. The van der Waals surface area contributed by atoms with E-state index in [-0.39, 0.29) is 0 Å². The minimum absolute atomic E-state index is 0.446. The van der Waals surface area contributed by atoms with E-state index in [1.807, 2.05) is 0 Å². The van der Waals surface area contributed by atoms with E-state index in [4.69, 9.17) is 14.2 Å². The van der Waals surface area contributed by atoms with E-state index in [1.165, 1.54) is 45.3 Å². The Hall–Kier alpha value is -0.200. The van der Waals surface area contributed by atoms with Crippen LogP contribution in [0.5, 0.6) is 0 Å². The number of methoxy groups -OCH3 is 1. The molecule has 2 aliphatic heterocycles. The summed E-state index contributed by atoms with van der Waals surface area (Å²) in [6.07, 6.45) is 8.81. The summed E-state index contributed by atoms with van der Waals surface area (Å²) in [6, 6.07) is 0. The van der Waals surface area contributed by atoms with Gasteiger partial charge in [0, 0.05) is 39.8 Å². The van der Waals surface area contributed by atoms with Crippen LogP contribution in [0.2, 0.25) is 0 Å². The number of hydrogen-bond acceptors (Lipinski definition) is 5. The van der Waals surface area contributed by atoms with Crippen LogP contribution in [0.25, 0.3) is 0 Å². The molecule has 0 radical (unpaired) electrons. The van der Waals surface area contributed by atoms with Gasteiger partial charge >= 0.3 is 0 Å². The van der Waals surface area contributed by atoms with Crippen molar-refractivity contribution in [3.8, 4) is 0 Å². The molecular weight excluding hydrogens is 304 g/mol. The minimum Gasteiger partial charge on any atom is -0.383 e. The molecule has 3 aliphatic rings. The molecule has 0 aromatic rings. The lowest BCUT2D eigenvalue weighted by Gasteiger charge is -2.42. The second-order valence-corrected chi connectivity index (χ2v) is 7.66. The highest BCUT2D eigenvalue weighted by Crippen LogP contribution is 2.31. The first-order valence-electron chi connectivity index (χ1n) is 10.0. The largest absolute Gasteiger partial charge is 0.383 e. The monoisotopic (exact) mass is 340 g/mol. The maximum Gasteiger partial charge on any atom is 0.0628 e. The van der Waals surface area contributed by atoms with Crippen molar-refractivity contribution in [1.82, 2.24) is 9.80 Å². The van der Waals surface area contributed by atoms with Crippen LogP contribution in [0.3, 0.4) is 0 Å². The normalized spacial score (nSPS) is 31.2. The molecule has 0 atom stereocenters. The predicted molar refractivity (Wildman–Crippen MR) is 95.5 cm³/mol. The number of nitrogens with zero attached hydrogens (tertiary/aromatic N) is 2. The van der Waals surface area contributed by atoms with Gasteiger partial charge < -0.3 is 24.0 Å². The molecule has 1 aliphatic carbocycles. The van der Waals surface area contributed by atoms with Crippen LogP contribution in [0.15, 0.2) is 0 Å². The third-order valence-corrected chi connectivity index (χ3v) is 5.95. The second-order valence-electron chi connectivity index (χ2n) is 7.66. The number of hydrogen-bond donors (Lipinski definition) is 0. The van der Waals surface area contributed by atoms with Crippen molar-refractivity contribution < 1.29 is 14.2 Å². The summed E-state index contributed by atoms with van der Waals surface area (Å²) in [6.45, 7) is 10.0. The van der Waals surface area contributed by atoms with Crippen LogP contribution in [0, 0.1) is 0 Å². The van der Waals surface area contributed by atoms with E-state index in [0.717, 1.165) is 39.1 Å². The highest BCUT2D eigenvalue weighted by Gasteiger charge is 2.35. The van der Waals surface area contributed by atoms with Gasteiger partial charge in [0.25, 0.3) is 0 Å². The molecule has 0 spiro atoms. The summed E-state index contributed by atoms with van der Waals surface area (Å²) in [4.78, 5) is 5.00. The average Bonchev–Trinajstić information content (AvgIpc) is 2.60.